The molecule has 5 heteroatoms. The molecule has 0 radical (unpaired) electrons. The Labute approximate surface area is 117 Å². The predicted octanol–water partition coefficient (Wildman–Crippen LogP) is 3.68. The lowest BCUT2D eigenvalue weighted by Gasteiger charge is -2.20. The average molecular weight is 284 g/mol. The Morgan fingerprint density at radius 1 is 1.50 bits per heavy atom. The van der Waals surface area contributed by atoms with E-state index in [1.54, 1.807) is 17.5 Å². The Morgan fingerprint density at radius 2 is 2.28 bits per heavy atom. The van der Waals surface area contributed by atoms with Gasteiger partial charge in [-0.25, -0.2) is 0 Å². The zero-order valence-electron chi connectivity index (χ0n) is 10.9. The molecule has 0 amide bonds. The topological polar surface area (TPSA) is 29.9 Å². The molecule has 2 rings (SSSR count). The van der Waals surface area contributed by atoms with Crippen molar-refractivity contribution in [2.24, 2.45) is 0 Å². The first kappa shape index (κ1) is 13.6. The van der Waals surface area contributed by atoms with Crippen LogP contribution in [0.3, 0.4) is 0 Å². The lowest BCUT2D eigenvalue weighted by Crippen LogP contribution is -2.23. The van der Waals surface area contributed by atoms with E-state index < -0.39 is 0 Å². The number of aromatic nitrogens is 2. The van der Waals surface area contributed by atoms with Crippen molar-refractivity contribution in [2.45, 2.75) is 32.4 Å². The normalized spacial score (nSPS) is 13.2. The van der Waals surface area contributed by atoms with Crippen LogP contribution in [0.4, 0.5) is 0 Å². The Kier molecular flexibility index (Phi) is 4.43. The molecule has 0 fully saturated rings. The van der Waals surface area contributed by atoms with Gasteiger partial charge in [-0.15, -0.1) is 0 Å². The number of thiophene rings is 1. The molecule has 0 saturated carbocycles. The molecule has 18 heavy (non-hydrogen) atoms. The highest BCUT2D eigenvalue weighted by Crippen LogP contribution is 2.28. The van der Waals surface area contributed by atoms with Crippen molar-refractivity contribution in [1.29, 1.82) is 0 Å². The van der Waals surface area contributed by atoms with Gasteiger partial charge < -0.3 is 5.32 Å². The van der Waals surface area contributed by atoms with Crippen LogP contribution in [-0.2, 0) is 6.42 Å². The lowest BCUT2D eigenvalue weighted by molar-refractivity contribution is 0.460. The zero-order chi connectivity index (χ0) is 13.1. The number of nitrogens with one attached hydrogen (secondary N) is 1. The summed E-state index contributed by atoms with van der Waals surface area (Å²) in [5.41, 5.74) is 2.40. The first-order valence-corrected chi connectivity index (χ1v) is 7.36. The second-order valence-corrected chi connectivity index (χ2v) is 5.78. The van der Waals surface area contributed by atoms with Gasteiger partial charge in [-0.05, 0) is 49.7 Å². The van der Waals surface area contributed by atoms with Gasteiger partial charge in [0.05, 0.1) is 23.0 Å². The molecule has 1 N–H and O–H groups in total. The highest BCUT2D eigenvalue weighted by Gasteiger charge is 2.20. The fourth-order valence-electron chi connectivity index (χ4n) is 2.07. The molecule has 0 bridgehead atoms. The lowest BCUT2D eigenvalue weighted by atomic mass is 10.1. The van der Waals surface area contributed by atoms with Crippen LogP contribution in [0.15, 0.2) is 23.0 Å². The summed E-state index contributed by atoms with van der Waals surface area (Å²) < 4.78 is 2.00. The average Bonchev–Trinajstić information content (AvgIpc) is 2.95. The second kappa shape index (κ2) is 5.87. The molecular weight excluding hydrogens is 266 g/mol. The van der Waals surface area contributed by atoms with Crippen molar-refractivity contribution >= 4 is 22.9 Å². The van der Waals surface area contributed by atoms with Crippen LogP contribution in [0.2, 0.25) is 5.02 Å². The molecule has 0 aromatic carbocycles. The fourth-order valence-corrected chi connectivity index (χ4v) is 3.01. The van der Waals surface area contributed by atoms with Gasteiger partial charge in [0.25, 0.3) is 0 Å². The number of halogens is 1. The minimum Gasteiger partial charge on any atom is -0.311 e. The Balaban J connectivity index is 2.29. The van der Waals surface area contributed by atoms with Crippen molar-refractivity contribution in [2.75, 3.05) is 7.05 Å². The fraction of sp³-hybridized carbons (Fsp3) is 0.462. The first-order chi connectivity index (χ1) is 8.63. The summed E-state index contributed by atoms with van der Waals surface area (Å²) in [7, 11) is 1.96. The molecule has 0 aliphatic carbocycles. The number of nitrogens with zero attached hydrogens (tertiary/aromatic N) is 2. The van der Waals surface area contributed by atoms with Gasteiger partial charge >= 0.3 is 0 Å². The van der Waals surface area contributed by atoms with E-state index in [0.29, 0.717) is 6.04 Å². The van der Waals surface area contributed by atoms with Crippen molar-refractivity contribution < 1.29 is 0 Å². The van der Waals surface area contributed by atoms with Gasteiger partial charge in [0.15, 0.2) is 0 Å². The third kappa shape index (κ3) is 2.76. The summed E-state index contributed by atoms with van der Waals surface area (Å²) >= 11 is 8.00. The van der Waals surface area contributed by atoms with Gasteiger partial charge in [-0.1, -0.05) is 11.6 Å². The molecule has 2 aromatic heterocycles. The van der Waals surface area contributed by atoms with Crippen LogP contribution in [-0.4, -0.2) is 16.8 Å². The number of hydrogen-bond acceptors (Lipinski definition) is 3. The molecule has 1 unspecified atom stereocenters. The number of likely N-dealkylation sites (N-methyl/N-ethyl adjacent to an activating group) is 1. The monoisotopic (exact) mass is 283 g/mol. The molecule has 0 aliphatic heterocycles. The van der Waals surface area contributed by atoms with E-state index >= 15 is 0 Å². The summed E-state index contributed by atoms with van der Waals surface area (Å²) in [6.07, 6.45) is 2.66. The molecular formula is C13H18ClN3S. The standard InChI is InChI=1S/C13H18ClN3S/c1-9(2)17-13(11(14)7-16-17)12(15-3)6-10-4-5-18-8-10/h4-5,7-9,12,15H,6H2,1-3H3. The largest absolute Gasteiger partial charge is 0.311 e. The highest BCUT2D eigenvalue weighted by atomic mass is 35.5. The molecule has 98 valence electrons. The molecule has 0 saturated heterocycles. The van der Waals surface area contributed by atoms with Crippen LogP contribution in [0.5, 0.6) is 0 Å². The van der Waals surface area contributed by atoms with Crippen molar-refractivity contribution in [3.8, 4) is 0 Å². The Bertz CT molecular complexity index is 490. The van der Waals surface area contributed by atoms with Gasteiger partial charge in [-0.2, -0.15) is 16.4 Å². The molecule has 0 aliphatic rings. The van der Waals surface area contributed by atoms with Gasteiger partial charge in [0.1, 0.15) is 0 Å². The van der Waals surface area contributed by atoms with Crippen LogP contribution in [0.1, 0.15) is 37.2 Å². The van der Waals surface area contributed by atoms with Gasteiger partial charge in [-0.3, -0.25) is 4.68 Å². The number of rotatable bonds is 5. The Morgan fingerprint density at radius 3 is 2.83 bits per heavy atom. The SMILES string of the molecule is CNC(Cc1ccsc1)c1c(Cl)cnn1C(C)C. The minimum absolute atomic E-state index is 0.192. The van der Waals surface area contributed by atoms with Crippen LogP contribution in [0, 0.1) is 0 Å². The maximum Gasteiger partial charge on any atom is 0.0834 e. The van der Waals surface area contributed by atoms with E-state index in [-0.39, 0.29) is 6.04 Å². The molecule has 1 atom stereocenters. The smallest absolute Gasteiger partial charge is 0.0834 e. The molecule has 3 nitrogen and oxygen atoms in total. The van der Waals surface area contributed by atoms with Crippen molar-refractivity contribution in [1.82, 2.24) is 15.1 Å². The van der Waals surface area contributed by atoms with Crippen LogP contribution in [0.25, 0.3) is 0 Å². The van der Waals surface area contributed by atoms with Gasteiger partial charge in [0, 0.05) is 6.04 Å². The van der Waals surface area contributed by atoms with Gasteiger partial charge in [0.2, 0.25) is 0 Å². The predicted molar refractivity (Wildman–Crippen MR) is 77.4 cm³/mol. The van der Waals surface area contributed by atoms with E-state index in [4.69, 9.17) is 11.6 Å². The third-order valence-electron chi connectivity index (χ3n) is 2.97. The number of hydrogen-bond donors (Lipinski definition) is 1. The molecule has 2 heterocycles. The summed E-state index contributed by atoms with van der Waals surface area (Å²) in [5, 5.41) is 12.7. The third-order valence-corrected chi connectivity index (χ3v) is 4.00. The quantitative estimate of drug-likeness (QED) is 0.907. The molecule has 0 spiro atoms. The summed E-state index contributed by atoms with van der Waals surface area (Å²) in [5.74, 6) is 0. The van der Waals surface area contributed by atoms with Crippen LogP contribution < -0.4 is 5.32 Å². The Hall–Kier alpha value is -0.840. The summed E-state index contributed by atoms with van der Waals surface area (Å²) in [6, 6.07) is 2.65. The van der Waals surface area contributed by atoms with Crippen LogP contribution >= 0.6 is 22.9 Å². The maximum absolute atomic E-state index is 6.28. The molecule has 2 aromatic rings. The van der Waals surface area contributed by atoms with Crippen molar-refractivity contribution in [3.63, 3.8) is 0 Å². The van der Waals surface area contributed by atoms with E-state index in [1.165, 1.54) is 5.56 Å². The highest BCUT2D eigenvalue weighted by molar-refractivity contribution is 7.07. The van der Waals surface area contributed by atoms with E-state index in [2.05, 4.69) is 41.1 Å². The van der Waals surface area contributed by atoms with E-state index in [9.17, 15) is 0 Å². The van der Waals surface area contributed by atoms with Crippen molar-refractivity contribution in [3.05, 3.63) is 39.3 Å². The van der Waals surface area contributed by atoms with E-state index in [1.807, 2.05) is 11.7 Å². The van der Waals surface area contributed by atoms with E-state index in [0.717, 1.165) is 17.1 Å². The summed E-state index contributed by atoms with van der Waals surface area (Å²) in [6.45, 7) is 4.23. The second-order valence-electron chi connectivity index (χ2n) is 4.59. The zero-order valence-corrected chi connectivity index (χ0v) is 12.4. The first-order valence-electron chi connectivity index (χ1n) is 6.04. The maximum atomic E-state index is 6.28. The summed E-state index contributed by atoms with van der Waals surface area (Å²) in [4.78, 5) is 0. The minimum atomic E-state index is 0.192.